The summed E-state index contributed by atoms with van der Waals surface area (Å²) in [5.41, 5.74) is 0. The Morgan fingerprint density at radius 1 is 1.42 bits per heavy atom. The molecule has 1 fully saturated rings. The monoisotopic (exact) mass is 193 g/mol. The zero-order valence-corrected chi connectivity index (χ0v) is 7.81. The highest BCUT2D eigenvalue weighted by atomic mass is 32.2. The van der Waals surface area contributed by atoms with Gasteiger partial charge in [0.2, 0.25) is 0 Å². The smallest absolute Gasteiger partial charge is 0.264 e. The van der Waals surface area contributed by atoms with Crippen LogP contribution in [-0.4, -0.2) is 31.3 Å². The lowest BCUT2D eigenvalue weighted by Gasteiger charge is -2.22. The highest BCUT2D eigenvalue weighted by Crippen LogP contribution is 2.10. The van der Waals surface area contributed by atoms with Gasteiger partial charge in [0.05, 0.1) is 5.75 Å². The van der Waals surface area contributed by atoms with Crippen molar-refractivity contribution in [2.45, 2.75) is 31.7 Å². The minimum atomic E-state index is -3.76. The molecule has 4 nitrogen and oxygen atoms in total. The maximum absolute atomic E-state index is 10.4. The number of hydrogen-bond donors (Lipinski definition) is 2. The van der Waals surface area contributed by atoms with Gasteiger partial charge < -0.3 is 5.32 Å². The molecule has 0 aromatic heterocycles. The molecular weight excluding hydrogens is 178 g/mol. The largest absolute Gasteiger partial charge is 0.314 e. The van der Waals surface area contributed by atoms with Crippen LogP contribution in [-0.2, 0) is 10.1 Å². The molecule has 0 bridgehead atoms. The lowest BCUT2D eigenvalue weighted by molar-refractivity contribution is 0.388. The summed E-state index contributed by atoms with van der Waals surface area (Å²) in [6.07, 6.45) is 3.87. The van der Waals surface area contributed by atoms with Gasteiger partial charge in [-0.3, -0.25) is 4.55 Å². The van der Waals surface area contributed by atoms with Crippen LogP contribution >= 0.6 is 0 Å². The molecule has 1 aliphatic heterocycles. The predicted octanol–water partition coefficient (Wildman–Crippen LogP) is 0.406. The van der Waals surface area contributed by atoms with E-state index in [1.165, 1.54) is 6.42 Å². The van der Waals surface area contributed by atoms with Crippen molar-refractivity contribution in [1.29, 1.82) is 0 Å². The zero-order chi connectivity index (χ0) is 9.03. The fraction of sp³-hybridized carbons (Fsp3) is 1.00. The van der Waals surface area contributed by atoms with E-state index in [9.17, 15) is 8.42 Å². The second kappa shape index (κ2) is 4.20. The summed E-state index contributed by atoms with van der Waals surface area (Å²) >= 11 is 0. The van der Waals surface area contributed by atoms with Gasteiger partial charge in [0.15, 0.2) is 0 Å². The average Bonchev–Trinajstić information content (AvgIpc) is 2.02. The quantitative estimate of drug-likeness (QED) is 0.637. The van der Waals surface area contributed by atoms with Gasteiger partial charge in [-0.05, 0) is 25.8 Å². The first kappa shape index (κ1) is 9.95. The van der Waals surface area contributed by atoms with E-state index < -0.39 is 10.1 Å². The topological polar surface area (TPSA) is 66.4 Å². The summed E-state index contributed by atoms with van der Waals surface area (Å²) in [7, 11) is -3.76. The molecule has 1 aliphatic rings. The second-order valence-corrected chi connectivity index (χ2v) is 4.79. The van der Waals surface area contributed by atoms with E-state index in [1.807, 2.05) is 0 Å². The van der Waals surface area contributed by atoms with Gasteiger partial charge in [-0.15, -0.1) is 0 Å². The van der Waals surface area contributed by atoms with E-state index in [0.717, 1.165) is 19.4 Å². The molecule has 0 aromatic rings. The molecule has 1 rings (SSSR count). The Balaban J connectivity index is 2.22. The van der Waals surface area contributed by atoms with Crippen LogP contribution in [0.4, 0.5) is 0 Å². The third-order valence-electron chi connectivity index (χ3n) is 2.14. The van der Waals surface area contributed by atoms with Crippen LogP contribution in [0.5, 0.6) is 0 Å². The molecule has 72 valence electrons. The van der Waals surface area contributed by atoms with Crippen LogP contribution in [0.15, 0.2) is 0 Å². The van der Waals surface area contributed by atoms with E-state index >= 15 is 0 Å². The Morgan fingerprint density at radius 2 is 2.17 bits per heavy atom. The summed E-state index contributed by atoms with van der Waals surface area (Å²) in [6, 6.07) is 0.278. The van der Waals surface area contributed by atoms with Gasteiger partial charge in [0, 0.05) is 6.04 Å². The van der Waals surface area contributed by atoms with Crippen molar-refractivity contribution in [1.82, 2.24) is 5.32 Å². The number of hydrogen-bond acceptors (Lipinski definition) is 3. The van der Waals surface area contributed by atoms with E-state index in [0.29, 0.717) is 6.42 Å². The SMILES string of the molecule is O=S(=O)(O)CC[C@@H]1CCCCN1. The molecule has 0 aliphatic carbocycles. The lowest BCUT2D eigenvalue weighted by Crippen LogP contribution is -2.35. The third kappa shape index (κ3) is 4.04. The molecule has 0 saturated carbocycles. The van der Waals surface area contributed by atoms with Crippen LogP contribution < -0.4 is 5.32 Å². The summed E-state index contributed by atoms with van der Waals surface area (Å²) in [6.45, 7) is 0.968. The molecule has 1 atom stereocenters. The van der Waals surface area contributed by atoms with Crippen molar-refractivity contribution >= 4 is 10.1 Å². The van der Waals surface area contributed by atoms with Crippen molar-refractivity contribution in [2.75, 3.05) is 12.3 Å². The van der Waals surface area contributed by atoms with Crippen LogP contribution in [0, 0.1) is 0 Å². The van der Waals surface area contributed by atoms with Crippen molar-refractivity contribution in [2.24, 2.45) is 0 Å². The van der Waals surface area contributed by atoms with Crippen LogP contribution in [0.1, 0.15) is 25.7 Å². The van der Waals surface area contributed by atoms with E-state index in [-0.39, 0.29) is 11.8 Å². The average molecular weight is 193 g/mol. The Labute approximate surface area is 73.1 Å². The maximum atomic E-state index is 10.4. The maximum Gasteiger partial charge on any atom is 0.264 e. The lowest BCUT2D eigenvalue weighted by atomic mass is 10.0. The normalized spacial score (nSPS) is 25.6. The predicted molar refractivity (Wildman–Crippen MR) is 46.7 cm³/mol. The van der Waals surface area contributed by atoms with Crippen molar-refractivity contribution in [3.63, 3.8) is 0 Å². The molecule has 1 saturated heterocycles. The fourth-order valence-electron chi connectivity index (χ4n) is 1.46. The number of nitrogens with one attached hydrogen (secondary N) is 1. The van der Waals surface area contributed by atoms with Gasteiger partial charge in [-0.2, -0.15) is 8.42 Å². The van der Waals surface area contributed by atoms with Gasteiger partial charge >= 0.3 is 0 Å². The standard InChI is InChI=1S/C7H15NO3S/c9-12(10,11)6-4-7-3-1-2-5-8-7/h7-8H,1-6H2,(H,9,10,11)/t7-/m0/s1. The first-order valence-electron chi connectivity index (χ1n) is 4.26. The van der Waals surface area contributed by atoms with Crippen molar-refractivity contribution < 1.29 is 13.0 Å². The molecule has 0 amide bonds. The molecule has 0 unspecified atom stereocenters. The Bertz CT molecular complexity index is 219. The highest BCUT2D eigenvalue weighted by molar-refractivity contribution is 7.85. The molecule has 5 heteroatoms. The summed E-state index contributed by atoms with van der Waals surface area (Å²) in [5.74, 6) is -0.120. The van der Waals surface area contributed by atoms with E-state index in [2.05, 4.69) is 5.32 Å². The van der Waals surface area contributed by atoms with Gasteiger partial charge in [0.25, 0.3) is 10.1 Å². The summed E-state index contributed by atoms with van der Waals surface area (Å²) in [5, 5.41) is 3.22. The first-order chi connectivity index (χ1) is 5.58. The van der Waals surface area contributed by atoms with Crippen LogP contribution in [0.25, 0.3) is 0 Å². The zero-order valence-electron chi connectivity index (χ0n) is 6.99. The molecule has 1 heterocycles. The molecule has 0 spiro atoms. The molecule has 12 heavy (non-hydrogen) atoms. The molecular formula is C7H15NO3S. The van der Waals surface area contributed by atoms with E-state index in [4.69, 9.17) is 4.55 Å². The summed E-state index contributed by atoms with van der Waals surface area (Å²) < 4.78 is 29.3. The fourth-order valence-corrected chi connectivity index (χ4v) is 2.04. The Hall–Kier alpha value is -0.130. The van der Waals surface area contributed by atoms with Gasteiger partial charge in [0.1, 0.15) is 0 Å². The van der Waals surface area contributed by atoms with Crippen molar-refractivity contribution in [3.05, 3.63) is 0 Å². The Morgan fingerprint density at radius 3 is 2.67 bits per heavy atom. The third-order valence-corrected chi connectivity index (χ3v) is 2.89. The first-order valence-corrected chi connectivity index (χ1v) is 5.87. The highest BCUT2D eigenvalue weighted by Gasteiger charge is 2.15. The molecule has 2 N–H and O–H groups in total. The molecule has 0 aromatic carbocycles. The van der Waals surface area contributed by atoms with Gasteiger partial charge in [-0.25, -0.2) is 0 Å². The van der Waals surface area contributed by atoms with Crippen molar-refractivity contribution in [3.8, 4) is 0 Å². The van der Waals surface area contributed by atoms with E-state index in [1.54, 1.807) is 0 Å². The summed E-state index contributed by atoms with van der Waals surface area (Å²) in [4.78, 5) is 0. The number of rotatable bonds is 3. The Kier molecular flexibility index (Phi) is 3.49. The van der Waals surface area contributed by atoms with Crippen LogP contribution in [0.3, 0.4) is 0 Å². The number of piperidine rings is 1. The minimum Gasteiger partial charge on any atom is -0.314 e. The van der Waals surface area contributed by atoms with Crippen LogP contribution in [0.2, 0.25) is 0 Å². The minimum absolute atomic E-state index is 0.120. The van der Waals surface area contributed by atoms with Gasteiger partial charge in [-0.1, -0.05) is 6.42 Å². The second-order valence-electron chi connectivity index (χ2n) is 3.22. The molecule has 0 radical (unpaired) electrons.